The molecule has 0 spiro atoms. The molecule has 38 heavy (non-hydrogen) atoms. The Bertz CT molecular complexity index is 1630. The molecule has 3 aromatic carbocycles. The fourth-order valence-electron chi connectivity index (χ4n) is 4.42. The first-order chi connectivity index (χ1) is 17.7. The Morgan fingerprint density at radius 2 is 1.50 bits per heavy atom. The minimum atomic E-state index is -5.10. The normalized spacial score (nSPS) is 14.3. The van der Waals surface area contributed by atoms with Gasteiger partial charge < -0.3 is 14.9 Å². The van der Waals surface area contributed by atoms with Crippen LogP contribution in [0.3, 0.4) is 0 Å². The molecule has 0 aliphatic carbocycles. The molecule has 0 bridgehead atoms. The molecule has 0 aliphatic rings. The second-order valence-corrected chi connectivity index (χ2v) is 9.64. The van der Waals surface area contributed by atoms with E-state index in [1.54, 1.807) is 0 Å². The number of aromatic carboxylic acids is 1. The van der Waals surface area contributed by atoms with Gasteiger partial charge in [-0.05, 0) is 47.5 Å². The molecule has 0 radical (unpaired) electrons. The van der Waals surface area contributed by atoms with Crippen molar-refractivity contribution in [3.63, 3.8) is 0 Å². The van der Waals surface area contributed by atoms with Gasteiger partial charge in [0.25, 0.3) is 0 Å². The van der Waals surface area contributed by atoms with Gasteiger partial charge in [-0.2, -0.15) is 13.2 Å². The first-order valence-corrected chi connectivity index (χ1v) is 11.9. The number of fused-ring (bicyclic) bond motifs is 1. The quantitative estimate of drug-likeness (QED) is 0.287. The van der Waals surface area contributed by atoms with Crippen molar-refractivity contribution in [2.45, 2.75) is 24.6 Å². The molecule has 7 nitrogen and oxygen atoms in total. The summed E-state index contributed by atoms with van der Waals surface area (Å²) < 4.78 is 51.6. The van der Waals surface area contributed by atoms with Crippen molar-refractivity contribution < 1.29 is 32.9 Å². The van der Waals surface area contributed by atoms with Crippen molar-refractivity contribution in [3.05, 3.63) is 91.8 Å². The number of benzene rings is 3. The van der Waals surface area contributed by atoms with Crippen LogP contribution in [0.1, 0.15) is 34.3 Å². The lowest BCUT2D eigenvalue weighted by Gasteiger charge is -2.37. The summed E-state index contributed by atoms with van der Waals surface area (Å²) >= 11 is 12.3. The molecular weight excluding hydrogens is 548 g/mol. The van der Waals surface area contributed by atoms with Crippen molar-refractivity contribution in [3.8, 4) is 11.5 Å². The minimum Gasteiger partial charge on any atom is -0.478 e. The number of carboxylic acids is 1. The Balaban J connectivity index is 1.72. The summed E-state index contributed by atoms with van der Waals surface area (Å²) in [7, 11) is 2.93. The van der Waals surface area contributed by atoms with Crippen LogP contribution >= 0.6 is 23.2 Å². The number of aryl methyl sites for hydroxylation is 2. The number of hydrogen-bond donors (Lipinski definition) is 2. The molecule has 2 atom stereocenters. The van der Waals surface area contributed by atoms with Crippen molar-refractivity contribution in [2.24, 2.45) is 14.1 Å². The van der Waals surface area contributed by atoms with E-state index >= 15 is 0 Å². The average molecular weight is 569 g/mol. The van der Waals surface area contributed by atoms with Crippen LogP contribution in [-0.2, 0) is 19.7 Å². The van der Waals surface area contributed by atoms with E-state index in [1.165, 1.54) is 72.6 Å². The van der Waals surface area contributed by atoms with Crippen LogP contribution in [0.25, 0.3) is 11.0 Å². The van der Waals surface area contributed by atoms with Crippen LogP contribution < -0.4 is 10.4 Å². The molecule has 4 rings (SSSR count). The zero-order chi connectivity index (χ0) is 28.2. The Hall–Kier alpha value is -3.47. The summed E-state index contributed by atoms with van der Waals surface area (Å²) in [6, 6.07) is 11.5. The van der Waals surface area contributed by atoms with Crippen LogP contribution in [-0.4, -0.2) is 31.5 Å². The molecule has 1 aromatic heterocycles. The highest BCUT2D eigenvalue weighted by Crippen LogP contribution is 2.50. The largest absolute Gasteiger partial charge is 0.478 e. The summed E-state index contributed by atoms with van der Waals surface area (Å²) in [5, 5.41) is 20.2. The zero-order valence-corrected chi connectivity index (χ0v) is 21.7. The van der Waals surface area contributed by atoms with Crippen molar-refractivity contribution in [1.29, 1.82) is 0 Å². The standard InChI is InChI=1S/C26H21Cl2F3N2O5/c1-13(17-7-5-15(11-19(17)27)38-16-6-8-18(23(34)35)20(28)12-16)25(37,26(29,30)31)14-4-9-21-22(10-14)33(3)24(36)32(21)2/h4-13,37H,1-3H3,(H,34,35)/t13-,25-/m0/s1. The maximum Gasteiger partial charge on any atom is 0.422 e. The molecule has 0 saturated carbocycles. The van der Waals surface area contributed by atoms with Gasteiger partial charge in [0, 0.05) is 31.1 Å². The van der Waals surface area contributed by atoms with Gasteiger partial charge in [-0.1, -0.05) is 42.3 Å². The van der Waals surface area contributed by atoms with Crippen LogP contribution in [0.4, 0.5) is 13.2 Å². The fourth-order valence-corrected chi connectivity index (χ4v) is 5.01. The molecule has 1 heterocycles. The lowest BCUT2D eigenvalue weighted by Crippen LogP contribution is -2.46. The van der Waals surface area contributed by atoms with Crippen LogP contribution in [0.2, 0.25) is 10.0 Å². The zero-order valence-electron chi connectivity index (χ0n) is 20.2. The second kappa shape index (κ2) is 9.68. The van der Waals surface area contributed by atoms with Crippen molar-refractivity contribution >= 4 is 40.2 Å². The highest BCUT2D eigenvalue weighted by Gasteiger charge is 2.59. The molecule has 4 aromatic rings. The third-order valence-corrected chi connectivity index (χ3v) is 7.26. The van der Waals surface area contributed by atoms with Gasteiger partial charge >= 0.3 is 17.8 Å². The molecule has 0 fully saturated rings. The smallest absolute Gasteiger partial charge is 0.422 e. The van der Waals surface area contributed by atoms with E-state index in [1.807, 2.05) is 0 Å². The number of aliphatic hydroxyl groups is 1. The molecule has 0 unspecified atom stereocenters. The molecule has 0 aliphatic heterocycles. The van der Waals surface area contributed by atoms with Gasteiger partial charge in [0.15, 0.2) is 5.60 Å². The number of carbonyl (C=O) groups is 1. The van der Waals surface area contributed by atoms with E-state index < -0.39 is 34.9 Å². The molecule has 12 heteroatoms. The minimum absolute atomic E-state index is 0.000136. The van der Waals surface area contributed by atoms with Crippen molar-refractivity contribution in [2.75, 3.05) is 0 Å². The highest BCUT2D eigenvalue weighted by atomic mass is 35.5. The molecule has 2 N–H and O–H groups in total. The van der Waals surface area contributed by atoms with E-state index in [9.17, 15) is 27.9 Å². The van der Waals surface area contributed by atoms with Gasteiger partial charge in [0.05, 0.1) is 21.6 Å². The molecule has 0 saturated heterocycles. The monoisotopic (exact) mass is 568 g/mol. The Morgan fingerprint density at radius 3 is 2.05 bits per heavy atom. The van der Waals surface area contributed by atoms with E-state index in [4.69, 9.17) is 33.0 Å². The number of carboxylic acid groups (broad SMARTS) is 1. The van der Waals surface area contributed by atoms with Crippen LogP contribution in [0.15, 0.2) is 59.4 Å². The first kappa shape index (κ1) is 27.6. The number of nitrogens with zero attached hydrogens (tertiary/aromatic N) is 2. The number of imidazole rings is 1. The summed E-state index contributed by atoms with van der Waals surface area (Å²) in [4.78, 5) is 23.4. The number of hydrogen-bond acceptors (Lipinski definition) is 4. The lowest BCUT2D eigenvalue weighted by molar-refractivity contribution is -0.274. The summed E-state index contributed by atoms with van der Waals surface area (Å²) in [6.07, 6.45) is -5.10. The first-order valence-electron chi connectivity index (χ1n) is 11.1. The number of alkyl halides is 3. The van der Waals surface area contributed by atoms with E-state index in [0.717, 1.165) is 12.1 Å². The lowest BCUT2D eigenvalue weighted by atomic mass is 9.77. The van der Waals surface area contributed by atoms with E-state index in [0.29, 0.717) is 5.52 Å². The predicted octanol–water partition coefficient (Wildman–Crippen LogP) is 6.23. The van der Waals surface area contributed by atoms with Gasteiger partial charge in [-0.3, -0.25) is 9.13 Å². The molecule has 200 valence electrons. The van der Waals surface area contributed by atoms with Crippen LogP contribution in [0.5, 0.6) is 11.5 Å². The summed E-state index contributed by atoms with van der Waals surface area (Å²) in [6.45, 7) is 1.20. The summed E-state index contributed by atoms with van der Waals surface area (Å²) in [5.41, 5.74) is -3.70. The van der Waals surface area contributed by atoms with E-state index in [-0.39, 0.29) is 38.2 Å². The number of ether oxygens (including phenoxy) is 1. The number of rotatable bonds is 6. The second-order valence-electron chi connectivity index (χ2n) is 8.82. The van der Waals surface area contributed by atoms with Crippen molar-refractivity contribution in [1.82, 2.24) is 9.13 Å². The van der Waals surface area contributed by atoms with Gasteiger partial charge in [0.2, 0.25) is 0 Å². The maximum atomic E-state index is 14.5. The number of halogens is 5. The Labute approximate surface area is 224 Å². The predicted molar refractivity (Wildman–Crippen MR) is 136 cm³/mol. The SMILES string of the molecule is C[C@@H](c1ccc(Oc2ccc(C(=O)O)c(Cl)c2)cc1Cl)[C@](O)(c1ccc2c(c1)n(C)c(=O)n2C)C(F)(F)F. The Kier molecular flexibility index (Phi) is 7.02. The van der Waals surface area contributed by atoms with Gasteiger partial charge in [-0.15, -0.1) is 0 Å². The number of aromatic nitrogens is 2. The molecular formula is C26H21Cl2F3N2O5. The summed E-state index contributed by atoms with van der Waals surface area (Å²) in [5.74, 6) is -2.44. The highest BCUT2D eigenvalue weighted by molar-refractivity contribution is 6.33. The average Bonchev–Trinajstić information content (AvgIpc) is 3.05. The Morgan fingerprint density at radius 1 is 0.921 bits per heavy atom. The third-order valence-electron chi connectivity index (χ3n) is 6.62. The van der Waals surface area contributed by atoms with Gasteiger partial charge in [-0.25, -0.2) is 9.59 Å². The van der Waals surface area contributed by atoms with E-state index in [2.05, 4.69) is 0 Å². The van der Waals surface area contributed by atoms with Crippen LogP contribution in [0, 0.1) is 0 Å². The maximum absolute atomic E-state index is 14.5. The topological polar surface area (TPSA) is 93.7 Å². The third kappa shape index (κ3) is 4.53. The molecule has 0 amide bonds. The fraction of sp³-hybridized carbons (Fsp3) is 0.231. The van der Waals surface area contributed by atoms with Gasteiger partial charge in [0.1, 0.15) is 11.5 Å².